The van der Waals surface area contributed by atoms with Crippen LogP contribution in [0.2, 0.25) is 0 Å². The van der Waals surface area contributed by atoms with E-state index >= 15 is 0 Å². The molecule has 2 N–H and O–H groups in total. The van der Waals surface area contributed by atoms with E-state index in [0.29, 0.717) is 30.7 Å². The zero-order valence-electron chi connectivity index (χ0n) is 13.5. The molecule has 3 aliphatic rings. The summed E-state index contributed by atoms with van der Waals surface area (Å²) in [4.78, 5) is 16.7. The van der Waals surface area contributed by atoms with Crippen molar-refractivity contribution in [3.05, 3.63) is 29.7 Å². The average Bonchev–Trinajstić information content (AvgIpc) is 3.33. The summed E-state index contributed by atoms with van der Waals surface area (Å²) in [5.41, 5.74) is 1.15. The van der Waals surface area contributed by atoms with Crippen LogP contribution in [-0.4, -0.2) is 33.3 Å². The van der Waals surface area contributed by atoms with Crippen molar-refractivity contribution in [3.8, 4) is 0 Å². The standard InChI is InChI=1S/C17H23N5O/c1-2-11-3-7-13(8-4-11)18-10-14-9-15(23)22-17(19-14)20-16(21-22)12-5-6-12/h3,7-8,11-12,14,18H,2,4-6,9-10H2,1H3,(H,19,20,21). The molecule has 2 heterocycles. The monoisotopic (exact) mass is 313 g/mol. The van der Waals surface area contributed by atoms with Crippen molar-refractivity contribution in [2.24, 2.45) is 5.92 Å². The molecule has 0 aromatic carbocycles. The van der Waals surface area contributed by atoms with Crippen molar-refractivity contribution < 1.29 is 4.79 Å². The maximum atomic E-state index is 12.2. The van der Waals surface area contributed by atoms with Gasteiger partial charge in [-0.3, -0.25) is 4.79 Å². The van der Waals surface area contributed by atoms with Crippen LogP contribution in [-0.2, 0) is 0 Å². The fourth-order valence-electron chi connectivity index (χ4n) is 3.10. The molecule has 2 unspecified atom stereocenters. The predicted molar refractivity (Wildman–Crippen MR) is 88.3 cm³/mol. The van der Waals surface area contributed by atoms with Crippen LogP contribution in [0.5, 0.6) is 0 Å². The minimum Gasteiger partial charge on any atom is -0.383 e. The average molecular weight is 313 g/mol. The number of fused-ring (bicyclic) bond motifs is 1. The molecule has 0 saturated heterocycles. The largest absolute Gasteiger partial charge is 0.383 e. The summed E-state index contributed by atoms with van der Waals surface area (Å²) in [5.74, 6) is 2.58. The summed E-state index contributed by atoms with van der Waals surface area (Å²) in [6, 6.07) is 0.0597. The Bertz CT molecular complexity index is 671. The Labute approximate surface area is 136 Å². The number of carbonyl (C=O) groups is 1. The van der Waals surface area contributed by atoms with Gasteiger partial charge in [0.25, 0.3) is 5.91 Å². The molecular weight excluding hydrogens is 290 g/mol. The lowest BCUT2D eigenvalue weighted by Crippen LogP contribution is -2.40. The quantitative estimate of drug-likeness (QED) is 0.873. The molecule has 0 amide bonds. The highest BCUT2D eigenvalue weighted by atomic mass is 16.2. The van der Waals surface area contributed by atoms with Crippen LogP contribution in [0.15, 0.2) is 23.9 Å². The highest BCUT2D eigenvalue weighted by molar-refractivity contribution is 5.83. The number of hydrogen-bond acceptors (Lipinski definition) is 5. The summed E-state index contributed by atoms with van der Waals surface area (Å²) < 4.78 is 1.44. The molecule has 0 spiro atoms. The Morgan fingerprint density at radius 1 is 1.43 bits per heavy atom. The van der Waals surface area contributed by atoms with Crippen LogP contribution in [0.1, 0.15) is 55.6 Å². The van der Waals surface area contributed by atoms with E-state index in [1.807, 2.05) is 0 Å². The van der Waals surface area contributed by atoms with Gasteiger partial charge >= 0.3 is 0 Å². The van der Waals surface area contributed by atoms with E-state index in [4.69, 9.17) is 0 Å². The fourth-order valence-corrected chi connectivity index (χ4v) is 3.10. The van der Waals surface area contributed by atoms with Gasteiger partial charge in [-0.25, -0.2) is 0 Å². The van der Waals surface area contributed by atoms with E-state index in [1.54, 1.807) is 0 Å². The first-order chi connectivity index (χ1) is 11.2. The number of nitrogens with one attached hydrogen (secondary N) is 2. The Morgan fingerprint density at radius 2 is 2.30 bits per heavy atom. The van der Waals surface area contributed by atoms with Crippen molar-refractivity contribution in [2.75, 3.05) is 11.9 Å². The van der Waals surface area contributed by atoms with Gasteiger partial charge in [-0.2, -0.15) is 9.67 Å². The molecule has 2 aliphatic carbocycles. The van der Waals surface area contributed by atoms with Crippen LogP contribution in [0.3, 0.4) is 0 Å². The van der Waals surface area contributed by atoms with E-state index in [-0.39, 0.29) is 11.9 Å². The Hall–Kier alpha value is -2.11. The van der Waals surface area contributed by atoms with Crippen molar-refractivity contribution >= 4 is 11.9 Å². The molecular formula is C17H23N5O. The van der Waals surface area contributed by atoms with Gasteiger partial charge in [0.15, 0.2) is 5.82 Å². The first kappa shape index (κ1) is 14.5. The van der Waals surface area contributed by atoms with Crippen LogP contribution < -0.4 is 10.6 Å². The minimum absolute atomic E-state index is 0.0316. The summed E-state index contributed by atoms with van der Waals surface area (Å²) in [5, 5.41) is 11.1. The lowest BCUT2D eigenvalue weighted by Gasteiger charge is -2.24. The SMILES string of the molecule is CCC1C=CC(NCC2CC(=O)n3nc(C4CC4)nc3N2)=CC1. The van der Waals surface area contributed by atoms with Crippen LogP contribution in [0, 0.1) is 5.92 Å². The maximum absolute atomic E-state index is 12.2. The van der Waals surface area contributed by atoms with E-state index < -0.39 is 0 Å². The number of rotatable bonds is 5. The lowest BCUT2D eigenvalue weighted by atomic mass is 9.97. The van der Waals surface area contributed by atoms with Crippen molar-refractivity contribution in [3.63, 3.8) is 0 Å². The summed E-state index contributed by atoms with van der Waals surface area (Å²) in [6.45, 7) is 2.93. The van der Waals surface area contributed by atoms with Gasteiger partial charge in [0.2, 0.25) is 5.95 Å². The normalized spacial score (nSPS) is 26.5. The first-order valence-corrected chi connectivity index (χ1v) is 8.62. The topological polar surface area (TPSA) is 71.8 Å². The van der Waals surface area contributed by atoms with E-state index in [2.05, 4.69) is 45.9 Å². The minimum atomic E-state index is 0.0316. The molecule has 4 rings (SSSR count). The highest BCUT2D eigenvalue weighted by Gasteiger charge is 2.33. The molecule has 0 radical (unpaired) electrons. The summed E-state index contributed by atoms with van der Waals surface area (Å²) in [7, 11) is 0. The number of carbonyl (C=O) groups excluding carboxylic acids is 1. The smallest absolute Gasteiger partial charge is 0.252 e. The Balaban J connectivity index is 1.36. The fraction of sp³-hybridized carbons (Fsp3) is 0.588. The zero-order chi connectivity index (χ0) is 15.8. The number of allylic oxidation sites excluding steroid dienone is 3. The third-order valence-electron chi connectivity index (χ3n) is 4.82. The van der Waals surface area contributed by atoms with Crippen LogP contribution in [0.25, 0.3) is 0 Å². The maximum Gasteiger partial charge on any atom is 0.252 e. The second kappa shape index (κ2) is 5.83. The molecule has 122 valence electrons. The lowest BCUT2D eigenvalue weighted by molar-refractivity contribution is 0.0872. The molecule has 1 aromatic rings. The number of aromatic nitrogens is 3. The van der Waals surface area contributed by atoms with E-state index in [0.717, 1.165) is 30.8 Å². The third kappa shape index (κ3) is 3.02. The summed E-state index contributed by atoms with van der Waals surface area (Å²) >= 11 is 0. The van der Waals surface area contributed by atoms with Crippen LogP contribution >= 0.6 is 0 Å². The Kier molecular flexibility index (Phi) is 3.67. The zero-order valence-corrected chi connectivity index (χ0v) is 13.5. The number of hydrogen-bond donors (Lipinski definition) is 2. The predicted octanol–water partition coefficient (Wildman–Crippen LogP) is 2.44. The highest BCUT2D eigenvalue weighted by Crippen LogP contribution is 2.38. The second-order valence-electron chi connectivity index (χ2n) is 6.72. The second-order valence-corrected chi connectivity index (χ2v) is 6.72. The number of nitrogens with zero attached hydrogens (tertiary/aromatic N) is 3. The number of anilines is 1. The van der Waals surface area contributed by atoms with Crippen LogP contribution in [0.4, 0.5) is 5.95 Å². The molecule has 0 bridgehead atoms. The van der Waals surface area contributed by atoms with Gasteiger partial charge in [0, 0.05) is 18.2 Å². The molecule has 1 aliphatic heterocycles. The molecule has 6 heteroatoms. The van der Waals surface area contributed by atoms with E-state index in [1.165, 1.54) is 11.1 Å². The molecule has 6 nitrogen and oxygen atoms in total. The van der Waals surface area contributed by atoms with Gasteiger partial charge in [-0.05, 0) is 37.7 Å². The third-order valence-corrected chi connectivity index (χ3v) is 4.82. The van der Waals surface area contributed by atoms with Gasteiger partial charge in [0.05, 0.1) is 12.5 Å². The first-order valence-electron chi connectivity index (χ1n) is 8.62. The molecule has 1 fully saturated rings. The molecule has 2 atom stereocenters. The Morgan fingerprint density at radius 3 is 3.00 bits per heavy atom. The van der Waals surface area contributed by atoms with Gasteiger partial charge in [0.1, 0.15) is 0 Å². The van der Waals surface area contributed by atoms with Crippen molar-refractivity contribution in [1.82, 2.24) is 20.1 Å². The molecule has 1 saturated carbocycles. The van der Waals surface area contributed by atoms with Crippen molar-refractivity contribution in [2.45, 2.75) is 51.0 Å². The summed E-state index contributed by atoms with van der Waals surface area (Å²) in [6.07, 6.45) is 11.7. The van der Waals surface area contributed by atoms with Gasteiger partial charge < -0.3 is 10.6 Å². The van der Waals surface area contributed by atoms with E-state index in [9.17, 15) is 4.79 Å². The molecule has 23 heavy (non-hydrogen) atoms. The van der Waals surface area contributed by atoms with Gasteiger partial charge in [-0.1, -0.05) is 19.1 Å². The van der Waals surface area contributed by atoms with Crippen molar-refractivity contribution in [1.29, 1.82) is 0 Å². The molecule has 1 aromatic heterocycles. The van der Waals surface area contributed by atoms with Gasteiger partial charge in [-0.15, -0.1) is 5.10 Å².